The van der Waals surface area contributed by atoms with Gasteiger partial charge in [-0.2, -0.15) is 0 Å². The Hall–Kier alpha value is -1.44. The molecular weight excluding hydrogens is 428 g/mol. The summed E-state index contributed by atoms with van der Waals surface area (Å²) in [6.07, 6.45) is 44.0. The molecule has 202 valence electrons. The van der Waals surface area contributed by atoms with Crippen LogP contribution in [0.25, 0.3) is 0 Å². The van der Waals surface area contributed by atoms with Crippen molar-refractivity contribution in [2.75, 3.05) is 0 Å². The molecule has 2 heteroatoms. The molecule has 0 aliphatic heterocycles. The molecule has 0 N–H and O–H groups in total. The molecule has 0 amide bonds. The van der Waals surface area contributed by atoms with Crippen LogP contribution in [0.3, 0.4) is 0 Å². The second-order valence-electron chi connectivity index (χ2n) is 10.3. The van der Waals surface area contributed by atoms with Crippen LogP contribution in [0, 0.1) is 5.92 Å². The average Bonchev–Trinajstić information content (AvgIpc) is 2.86. The van der Waals surface area contributed by atoms with E-state index in [4.69, 9.17) is 0 Å². The average molecular weight is 487 g/mol. The molecule has 0 fully saturated rings. The minimum atomic E-state index is 0.722. The SMILES string of the molecule is CC(CCCC/C=C/CCCCCCC=O)CCCCCC/C=C\CC/C=C\CCCCCC=O. The molecule has 0 rings (SSSR count). The van der Waals surface area contributed by atoms with Crippen molar-refractivity contribution in [1.82, 2.24) is 0 Å². The van der Waals surface area contributed by atoms with Crippen molar-refractivity contribution < 1.29 is 9.59 Å². The fraction of sp³-hybridized carbons (Fsp3) is 0.758. The molecule has 1 atom stereocenters. The van der Waals surface area contributed by atoms with E-state index in [2.05, 4.69) is 43.4 Å². The van der Waals surface area contributed by atoms with Gasteiger partial charge < -0.3 is 9.59 Å². The summed E-state index contributed by atoms with van der Waals surface area (Å²) in [5.74, 6) is 0.884. The molecule has 0 aromatic carbocycles. The van der Waals surface area contributed by atoms with Gasteiger partial charge in [-0.1, -0.05) is 101 Å². The number of rotatable bonds is 28. The molecule has 0 aliphatic rings. The van der Waals surface area contributed by atoms with Crippen molar-refractivity contribution in [2.24, 2.45) is 5.92 Å². The van der Waals surface area contributed by atoms with Crippen LogP contribution in [0.15, 0.2) is 36.5 Å². The molecule has 0 spiro atoms. The second-order valence-corrected chi connectivity index (χ2v) is 10.3. The van der Waals surface area contributed by atoms with E-state index in [0.29, 0.717) is 0 Å². The largest absolute Gasteiger partial charge is 0.303 e. The van der Waals surface area contributed by atoms with Crippen LogP contribution in [0.1, 0.15) is 155 Å². The Morgan fingerprint density at radius 2 is 0.657 bits per heavy atom. The standard InChI is InChI=1S/C33H58O2/c1-33(30-26-22-18-14-10-8-12-16-20-24-28-32-35)29-25-21-17-13-9-6-4-2-3-5-7-11-15-19-23-27-31-34/h4-7,10,14,31-33H,2-3,8-9,11-13,15-30H2,1H3/b6-4-,7-5-,14-10+. The Kier molecular flexibility index (Phi) is 29.3. The third-order valence-corrected chi connectivity index (χ3v) is 6.77. The van der Waals surface area contributed by atoms with Crippen LogP contribution in [0.4, 0.5) is 0 Å². The first-order valence-electron chi connectivity index (χ1n) is 15.1. The van der Waals surface area contributed by atoms with E-state index >= 15 is 0 Å². The summed E-state index contributed by atoms with van der Waals surface area (Å²) >= 11 is 0. The number of unbranched alkanes of at least 4 members (excludes halogenated alkanes) is 16. The molecule has 0 aromatic heterocycles. The lowest BCUT2D eigenvalue weighted by molar-refractivity contribution is -0.108. The van der Waals surface area contributed by atoms with Crippen LogP contribution in [0.5, 0.6) is 0 Å². The van der Waals surface area contributed by atoms with Crippen molar-refractivity contribution >= 4 is 12.6 Å². The highest BCUT2D eigenvalue weighted by atomic mass is 16.1. The van der Waals surface area contributed by atoms with Crippen molar-refractivity contribution in [3.05, 3.63) is 36.5 Å². The predicted molar refractivity (Wildman–Crippen MR) is 155 cm³/mol. The lowest BCUT2D eigenvalue weighted by atomic mass is 9.96. The summed E-state index contributed by atoms with van der Waals surface area (Å²) in [6.45, 7) is 2.44. The number of hydrogen-bond donors (Lipinski definition) is 0. The quantitative estimate of drug-likeness (QED) is 0.0626. The van der Waals surface area contributed by atoms with Crippen molar-refractivity contribution in [2.45, 2.75) is 155 Å². The molecule has 1 unspecified atom stereocenters. The van der Waals surface area contributed by atoms with Gasteiger partial charge in [0, 0.05) is 12.8 Å². The molecule has 0 bridgehead atoms. The van der Waals surface area contributed by atoms with Crippen molar-refractivity contribution in [3.8, 4) is 0 Å². The first-order chi connectivity index (χ1) is 17.3. The third-order valence-electron chi connectivity index (χ3n) is 6.77. The van der Waals surface area contributed by atoms with Gasteiger partial charge in [0.1, 0.15) is 12.6 Å². The maximum absolute atomic E-state index is 10.3. The molecule has 0 aromatic rings. The van der Waals surface area contributed by atoms with Crippen LogP contribution in [-0.4, -0.2) is 12.6 Å². The van der Waals surface area contributed by atoms with Gasteiger partial charge in [0.25, 0.3) is 0 Å². The van der Waals surface area contributed by atoms with E-state index in [1.54, 1.807) is 0 Å². The fourth-order valence-corrected chi connectivity index (χ4v) is 4.42. The van der Waals surface area contributed by atoms with E-state index in [1.165, 1.54) is 109 Å². The van der Waals surface area contributed by atoms with E-state index in [9.17, 15) is 9.59 Å². The summed E-state index contributed by atoms with van der Waals surface area (Å²) in [7, 11) is 0. The van der Waals surface area contributed by atoms with Gasteiger partial charge in [0.2, 0.25) is 0 Å². The van der Waals surface area contributed by atoms with Crippen LogP contribution in [0.2, 0.25) is 0 Å². The van der Waals surface area contributed by atoms with E-state index in [0.717, 1.165) is 57.0 Å². The first kappa shape index (κ1) is 33.6. The highest BCUT2D eigenvalue weighted by molar-refractivity contribution is 5.49. The Morgan fingerprint density at radius 3 is 1.09 bits per heavy atom. The lowest BCUT2D eigenvalue weighted by Gasteiger charge is -2.10. The molecular formula is C33H58O2. The topological polar surface area (TPSA) is 34.1 Å². The summed E-state index contributed by atoms with van der Waals surface area (Å²) in [6, 6.07) is 0. The summed E-state index contributed by atoms with van der Waals surface area (Å²) < 4.78 is 0. The maximum Gasteiger partial charge on any atom is 0.119 e. The van der Waals surface area contributed by atoms with Gasteiger partial charge in [0.05, 0.1) is 0 Å². The summed E-state index contributed by atoms with van der Waals surface area (Å²) in [4.78, 5) is 20.5. The summed E-state index contributed by atoms with van der Waals surface area (Å²) in [5.41, 5.74) is 0. The minimum Gasteiger partial charge on any atom is -0.303 e. The van der Waals surface area contributed by atoms with Gasteiger partial charge >= 0.3 is 0 Å². The first-order valence-corrected chi connectivity index (χ1v) is 15.1. The van der Waals surface area contributed by atoms with Crippen LogP contribution in [-0.2, 0) is 9.59 Å². The van der Waals surface area contributed by atoms with Crippen molar-refractivity contribution in [1.29, 1.82) is 0 Å². The number of allylic oxidation sites excluding steroid dienone is 6. The predicted octanol–water partition coefficient (Wildman–Crippen LogP) is 10.7. The summed E-state index contributed by atoms with van der Waals surface area (Å²) in [5, 5.41) is 0. The third kappa shape index (κ3) is 30.5. The molecule has 0 heterocycles. The highest BCUT2D eigenvalue weighted by Crippen LogP contribution is 2.18. The Labute approximate surface area is 219 Å². The van der Waals surface area contributed by atoms with Gasteiger partial charge in [-0.25, -0.2) is 0 Å². The minimum absolute atomic E-state index is 0.722. The molecule has 0 saturated carbocycles. The number of aldehydes is 2. The monoisotopic (exact) mass is 486 g/mol. The second kappa shape index (κ2) is 30.6. The van der Waals surface area contributed by atoms with E-state index in [1.807, 2.05) is 0 Å². The molecule has 0 radical (unpaired) electrons. The zero-order chi connectivity index (χ0) is 25.5. The highest BCUT2D eigenvalue weighted by Gasteiger charge is 2.01. The number of carbonyl (C=O) groups is 2. The van der Waals surface area contributed by atoms with Crippen LogP contribution >= 0.6 is 0 Å². The van der Waals surface area contributed by atoms with Crippen LogP contribution < -0.4 is 0 Å². The normalized spacial score (nSPS) is 12.8. The van der Waals surface area contributed by atoms with Gasteiger partial charge in [-0.3, -0.25) is 0 Å². The lowest BCUT2D eigenvalue weighted by Crippen LogP contribution is -1.94. The zero-order valence-electron chi connectivity index (χ0n) is 23.3. The Bertz CT molecular complexity index is 517. The van der Waals surface area contributed by atoms with Gasteiger partial charge in [0.15, 0.2) is 0 Å². The molecule has 35 heavy (non-hydrogen) atoms. The van der Waals surface area contributed by atoms with E-state index < -0.39 is 0 Å². The fourth-order valence-electron chi connectivity index (χ4n) is 4.42. The Balaban J connectivity index is 3.31. The number of hydrogen-bond acceptors (Lipinski definition) is 2. The zero-order valence-corrected chi connectivity index (χ0v) is 23.3. The number of carbonyl (C=O) groups excluding carboxylic acids is 2. The molecule has 0 saturated heterocycles. The van der Waals surface area contributed by atoms with E-state index in [-0.39, 0.29) is 0 Å². The van der Waals surface area contributed by atoms with Crippen molar-refractivity contribution in [3.63, 3.8) is 0 Å². The Morgan fingerprint density at radius 1 is 0.371 bits per heavy atom. The molecule has 2 nitrogen and oxygen atoms in total. The molecule has 0 aliphatic carbocycles. The van der Waals surface area contributed by atoms with Gasteiger partial charge in [-0.05, 0) is 83.0 Å². The van der Waals surface area contributed by atoms with Gasteiger partial charge in [-0.15, -0.1) is 0 Å². The smallest absolute Gasteiger partial charge is 0.119 e. The maximum atomic E-state index is 10.3.